The highest BCUT2D eigenvalue weighted by atomic mass is 35.5. The zero-order chi connectivity index (χ0) is 11.1. The van der Waals surface area contributed by atoms with Crippen molar-refractivity contribution in [3.8, 4) is 5.88 Å². The maximum atomic E-state index is 5.64. The topological polar surface area (TPSA) is 47.0 Å². The second-order valence-electron chi connectivity index (χ2n) is 3.20. The van der Waals surface area contributed by atoms with Crippen LogP contribution in [0.4, 0.5) is 5.82 Å². The van der Waals surface area contributed by atoms with Crippen molar-refractivity contribution < 1.29 is 4.74 Å². The molecule has 0 saturated carbocycles. The van der Waals surface area contributed by atoms with Crippen LogP contribution >= 0.6 is 11.6 Å². The van der Waals surface area contributed by atoms with Crippen LogP contribution in [0.15, 0.2) is 12.4 Å². The monoisotopic (exact) mass is 229 g/mol. The molecule has 1 heterocycles. The molecular formula is C10H16ClN3O. The first-order chi connectivity index (χ1) is 7.26. The average Bonchev–Trinajstić information content (AvgIpc) is 2.19. The van der Waals surface area contributed by atoms with Crippen LogP contribution in [0.2, 0.25) is 0 Å². The van der Waals surface area contributed by atoms with Crippen molar-refractivity contribution in [1.82, 2.24) is 9.97 Å². The molecule has 4 nitrogen and oxygen atoms in total. The second kappa shape index (κ2) is 6.45. The van der Waals surface area contributed by atoms with Crippen LogP contribution in [0, 0.1) is 0 Å². The van der Waals surface area contributed by atoms with E-state index in [1.165, 1.54) is 0 Å². The minimum Gasteiger partial charge on any atom is -0.477 e. The summed E-state index contributed by atoms with van der Waals surface area (Å²) in [5.74, 6) is 1.89. The molecule has 0 bridgehead atoms. The Bertz CT molecular complexity index is 296. The molecule has 1 rings (SSSR count). The standard InChI is InChI=1S/C10H16ClN3O/c1-3-15-10-7-12-6-9(14-10)13-8(2)4-5-11/h6-8H,3-5H2,1-2H3,(H,13,14). The third kappa shape index (κ3) is 4.34. The van der Waals surface area contributed by atoms with Gasteiger partial charge in [0.15, 0.2) is 0 Å². The molecule has 0 aliphatic heterocycles. The number of aromatic nitrogens is 2. The van der Waals surface area contributed by atoms with Crippen LogP contribution in [0.1, 0.15) is 20.3 Å². The molecule has 0 aromatic carbocycles. The van der Waals surface area contributed by atoms with Gasteiger partial charge in [-0.2, -0.15) is 4.98 Å². The highest BCUT2D eigenvalue weighted by molar-refractivity contribution is 6.17. The molecule has 84 valence electrons. The maximum absolute atomic E-state index is 5.64. The van der Waals surface area contributed by atoms with Gasteiger partial charge in [-0.05, 0) is 20.3 Å². The fraction of sp³-hybridized carbons (Fsp3) is 0.600. The predicted molar refractivity (Wildman–Crippen MR) is 61.6 cm³/mol. The number of nitrogens with one attached hydrogen (secondary N) is 1. The lowest BCUT2D eigenvalue weighted by atomic mass is 10.2. The van der Waals surface area contributed by atoms with Gasteiger partial charge in [-0.15, -0.1) is 11.6 Å². The van der Waals surface area contributed by atoms with Crippen molar-refractivity contribution in [1.29, 1.82) is 0 Å². The molecular weight excluding hydrogens is 214 g/mol. The molecule has 0 fully saturated rings. The van der Waals surface area contributed by atoms with E-state index in [4.69, 9.17) is 16.3 Å². The van der Waals surface area contributed by atoms with Gasteiger partial charge in [0.25, 0.3) is 0 Å². The van der Waals surface area contributed by atoms with E-state index in [-0.39, 0.29) is 6.04 Å². The Hall–Kier alpha value is -1.03. The number of ether oxygens (including phenoxy) is 1. The van der Waals surface area contributed by atoms with E-state index in [0.717, 1.165) is 12.2 Å². The number of hydrogen-bond acceptors (Lipinski definition) is 4. The summed E-state index contributed by atoms with van der Waals surface area (Å²) < 4.78 is 5.25. The van der Waals surface area contributed by atoms with Gasteiger partial charge in [0.2, 0.25) is 5.88 Å². The van der Waals surface area contributed by atoms with Crippen LogP contribution in [0.5, 0.6) is 5.88 Å². The fourth-order valence-corrected chi connectivity index (χ4v) is 1.45. The van der Waals surface area contributed by atoms with Crippen molar-refractivity contribution >= 4 is 17.4 Å². The molecule has 1 N–H and O–H groups in total. The minimum atomic E-state index is 0.286. The lowest BCUT2D eigenvalue weighted by Crippen LogP contribution is -2.16. The minimum absolute atomic E-state index is 0.286. The van der Waals surface area contributed by atoms with Gasteiger partial charge in [-0.25, -0.2) is 0 Å². The van der Waals surface area contributed by atoms with Crippen molar-refractivity contribution in [3.63, 3.8) is 0 Å². The average molecular weight is 230 g/mol. The van der Waals surface area contributed by atoms with E-state index in [1.807, 2.05) is 6.92 Å². The van der Waals surface area contributed by atoms with E-state index < -0.39 is 0 Å². The Labute approximate surface area is 95.0 Å². The quantitative estimate of drug-likeness (QED) is 0.761. The van der Waals surface area contributed by atoms with E-state index in [0.29, 0.717) is 18.4 Å². The molecule has 0 aliphatic carbocycles. The summed E-state index contributed by atoms with van der Waals surface area (Å²) in [6.07, 6.45) is 4.16. The van der Waals surface area contributed by atoms with E-state index in [2.05, 4.69) is 22.2 Å². The lowest BCUT2D eigenvalue weighted by molar-refractivity contribution is 0.325. The first-order valence-electron chi connectivity index (χ1n) is 5.03. The molecule has 0 spiro atoms. The molecule has 0 amide bonds. The number of nitrogens with zero attached hydrogens (tertiary/aromatic N) is 2. The van der Waals surface area contributed by atoms with Gasteiger partial charge in [-0.3, -0.25) is 4.98 Å². The van der Waals surface area contributed by atoms with E-state index in [9.17, 15) is 0 Å². The van der Waals surface area contributed by atoms with Crippen LogP contribution in [0.25, 0.3) is 0 Å². The lowest BCUT2D eigenvalue weighted by Gasteiger charge is -2.12. The Morgan fingerprint density at radius 3 is 3.00 bits per heavy atom. The first-order valence-corrected chi connectivity index (χ1v) is 5.57. The number of halogens is 1. The van der Waals surface area contributed by atoms with Crippen molar-refractivity contribution in [3.05, 3.63) is 12.4 Å². The predicted octanol–water partition coefficient (Wildman–Crippen LogP) is 2.30. The van der Waals surface area contributed by atoms with Gasteiger partial charge in [0, 0.05) is 11.9 Å². The zero-order valence-electron chi connectivity index (χ0n) is 9.03. The maximum Gasteiger partial charge on any atom is 0.234 e. The van der Waals surface area contributed by atoms with Crippen molar-refractivity contribution in [2.24, 2.45) is 0 Å². The summed E-state index contributed by atoms with van der Waals surface area (Å²) in [5, 5.41) is 3.20. The van der Waals surface area contributed by atoms with E-state index >= 15 is 0 Å². The molecule has 5 heteroatoms. The van der Waals surface area contributed by atoms with Gasteiger partial charge < -0.3 is 10.1 Å². The molecule has 1 aromatic heterocycles. The van der Waals surface area contributed by atoms with Crippen LogP contribution < -0.4 is 10.1 Å². The third-order valence-corrected chi connectivity index (χ3v) is 2.06. The number of hydrogen-bond donors (Lipinski definition) is 1. The van der Waals surface area contributed by atoms with Gasteiger partial charge >= 0.3 is 0 Å². The van der Waals surface area contributed by atoms with Crippen molar-refractivity contribution in [2.45, 2.75) is 26.3 Å². The fourth-order valence-electron chi connectivity index (χ4n) is 1.12. The SMILES string of the molecule is CCOc1cncc(NC(C)CCCl)n1. The van der Waals surface area contributed by atoms with Crippen molar-refractivity contribution in [2.75, 3.05) is 17.8 Å². The number of alkyl halides is 1. The summed E-state index contributed by atoms with van der Waals surface area (Å²) in [6, 6.07) is 0.286. The van der Waals surface area contributed by atoms with Gasteiger partial charge in [0.1, 0.15) is 5.82 Å². The van der Waals surface area contributed by atoms with E-state index in [1.54, 1.807) is 12.4 Å². The Kier molecular flexibility index (Phi) is 5.18. The number of rotatable bonds is 6. The molecule has 1 atom stereocenters. The normalized spacial score (nSPS) is 12.2. The Morgan fingerprint density at radius 2 is 2.33 bits per heavy atom. The first kappa shape index (κ1) is 12.0. The third-order valence-electron chi connectivity index (χ3n) is 1.84. The summed E-state index contributed by atoms with van der Waals surface area (Å²) in [5.41, 5.74) is 0. The summed E-state index contributed by atoms with van der Waals surface area (Å²) in [4.78, 5) is 8.28. The highest BCUT2D eigenvalue weighted by Gasteiger charge is 2.03. The van der Waals surface area contributed by atoms with Crippen LogP contribution in [0.3, 0.4) is 0 Å². The van der Waals surface area contributed by atoms with Crippen LogP contribution in [-0.2, 0) is 0 Å². The Morgan fingerprint density at radius 1 is 1.53 bits per heavy atom. The summed E-state index contributed by atoms with van der Waals surface area (Å²) in [6.45, 7) is 4.56. The molecule has 15 heavy (non-hydrogen) atoms. The largest absolute Gasteiger partial charge is 0.477 e. The van der Waals surface area contributed by atoms with Gasteiger partial charge in [0.05, 0.1) is 19.0 Å². The summed E-state index contributed by atoms with van der Waals surface area (Å²) in [7, 11) is 0. The molecule has 0 radical (unpaired) electrons. The summed E-state index contributed by atoms with van der Waals surface area (Å²) >= 11 is 5.64. The smallest absolute Gasteiger partial charge is 0.234 e. The zero-order valence-corrected chi connectivity index (χ0v) is 9.79. The van der Waals surface area contributed by atoms with Crippen LogP contribution in [-0.4, -0.2) is 28.5 Å². The molecule has 1 aromatic rings. The van der Waals surface area contributed by atoms with Gasteiger partial charge in [-0.1, -0.05) is 0 Å². The highest BCUT2D eigenvalue weighted by Crippen LogP contribution is 2.10. The number of anilines is 1. The molecule has 1 unspecified atom stereocenters. The Balaban J connectivity index is 2.56. The molecule has 0 saturated heterocycles. The second-order valence-corrected chi connectivity index (χ2v) is 3.58. The molecule has 0 aliphatic rings.